The van der Waals surface area contributed by atoms with Crippen molar-refractivity contribution in [2.45, 2.75) is 52.2 Å². The summed E-state index contributed by atoms with van der Waals surface area (Å²) in [5, 5.41) is 8.81. The number of fused-ring (bicyclic) bond motifs is 5. The van der Waals surface area contributed by atoms with E-state index in [0.29, 0.717) is 12.1 Å². The third kappa shape index (κ3) is 3.53. The van der Waals surface area contributed by atoms with Crippen LogP contribution in [0.15, 0.2) is 24.3 Å². The van der Waals surface area contributed by atoms with Gasteiger partial charge in [0.25, 0.3) is 5.91 Å². The number of amides is 1. The maximum Gasteiger partial charge on any atom is 0.263 e. The first-order valence-corrected chi connectivity index (χ1v) is 12.2. The van der Waals surface area contributed by atoms with E-state index < -0.39 is 0 Å². The van der Waals surface area contributed by atoms with Gasteiger partial charge in [-0.2, -0.15) is 0 Å². The Balaban J connectivity index is 1.53. The molecule has 1 unspecified atom stereocenters. The number of rotatable bonds is 3. The number of hydrogen-bond acceptors (Lipinski definition) is 6. The molecule has 1 fully saturated rings. The summed E-state index contributed by atoms with van der Waals surface area (Å²) in [7, 11) is 0. The third-order valence-corrected chi connectivity index (χ3v) is 7.82. The van der Waals surface area contributed by atoms with Gasteiger partial charge in [0, 0.05) is 59.8 Å². The Morgan fingerprint density at radius 3 is 2.84 bits per heavy atom. The third-order valence-electron chi connectivity index (χ3n) is 6.66. The molecular weight excluding hydrogens is 406 g/mol. The molecule has 4 heterocycles. The minimum atomic E-state index is 0.0139. The van der Waals surface area contributed by atoms with E-state index in [-0.39, 0.29) is 11.9 Å². The lowest BCUT2D eigenvalue weighted by atomic mass is 10.1. The Kier molecular flexibility index (Phi) is 5.26. The van der Waals surface area contributed by atoms with Gasteiger partial charge in [-0.25, -0.2) is 4.98 Å². The molecule has 1 saturated heterocycles. The maximum absolute atomic E-state index is 12.6. The lowest BCUT2D eigenvalue weighted by molar-refractivity contribution is 0.0949. The highest BCUT2D eigenvalue weighted by Gasteiger charge is 2.29. The van der Waals surface area contributed by atoms with E-state index in [1.165, 1.54) is 0 Å². The minimum Gasteiger partial charge on any atom is -0.381 e. The van der Waals surface area contributed by atoms with E-state index in [4.69, 9.17) is 4.98 Å². The molecule has 164 valence electrons. The van der Waals surface area contributed by atoms with E-state index >= 15 is 0 Å². The van der Waals surface area contributed by atoms with Crippen LogP contribution in [0, 0.1) is 0 Å². The van der Waals surface area contributed by atoms with Gasteiger partial charge < -0.3 is 15.5 Å². The highest BCUT2D eigenvalue weighted by atomic mass is 32.1. The lowest BCUT2D eigenvalue weighted by Crippen LogP contribution is -2.55. The Bertz CT molecular complexity index is 1140. The van der Waals surface area contributed by atoms with Gasteiger partial charge in [0.15, 0.2) is 0 Å². The van der Waals surface area contributed by atoms with Crippen molar-refractivity contribution >= 4 is 49.7 Å². The Hall–Kier alpha value is -2.38. The highest BCUT2D eigenvalue weighted by Crippen LogP contribution is 2.41. The molecule has 31 heavy (non-hydrogen) atoms. The van der Waals surface area contributed by atoms with E-state index in [9.17, 15) is 4.79 Å². The number of carbonyl (C=O) groups is 1. The number of aromatic nitrogens is 1. The summed E-state index contributed by atoms with van der Waals surface area (Å²) in [4.78, 5) is 23.5. The molecule has 2 aromatic heterocycles. The molecule has 1 amide bonds. The van der Waals surface area contributed by atoms with Crippen LogP contribution in [0.1, 0.15) is 43.8 Å². The second-order valence-corrected chi connectivity index (χ2v) is 10.1. The van der Waals surface area contributed by atoms with Crippen LogP contribution in [-0.2, 0) is 0 Å². The van der Waals surface area contributed by atoms with E-state index in [0.717, 1.165) is 70.0 Å². The second-order valence-electron chi connectivity index (χ2n) is 9.08. The molecule has 1 aromatic carbocycles. The zero-order valence-electron chi connectivity index (χ0n) is 18.7. The molecule has 5 rings (SSSR count). The largest absolute Gasteiger partial charge is 0.381 e. The van der Waals surface area contributed by atoms with Crippen LogP contribution in [0.25, 0.3) is 21.0 Å². The van der Waals surface area contributed by atoms with Gasteiger partial charge in [0.05, 0.1) is 11.2 Å². The number of nitrogens with one attached hydrogen (secondary N) is 2. The molecule has 0 radical (unpaired) electrons. The topological polar surface area (TPSA) is 60.5 Å². The molecule has 2 aliphatic heterocycles. The van der Waals surface area contributed by atoms with E-state index in [2.05, 4.69) is 65.5 Å². The van der Waals surface area contributed by atoms with Crippen molar-refractivity contribution in [2.24, 2.45) is 0 Å². The standard InChI is InChI=1S/C24H31N5OS/c1-5-16-13-28(10-11-29(16)14(2)3)20-9-6-17-18(27-20)7-8-19-21(17)22-23(31-19)24(30)26-15(4)12-25-22/h6-9,14-16,25H,5,10-13H2,1-4H3,(H,26,30)/t15-,16?/m1/s1. The summed E-state index contributed by atoms with van der Waals surface area (Å²) in [6.07, 6.45) is 1.15. The van der Waals surface area contributed by atoms with Crippen molar-refractivity contribution in [3.05, 3.63) is 29.1 Å². The van der Waals surface area contributed by atoms with Gasteiger partial charge in [-0.3, -0.25) is 9.69 Å². The van der Waals surface area contributed by atoms with Crippen LogP contribution in [0.3, 0.4) is 0 Å². The number of hydrogen-bond donors (Lipinski definition) is 2. The summed E-state index contributed by atoms with van der Waals surface area (Å²) in [6, 6.07) is 9.80. The van der Waals surface area contributed by atoms with Crippen molar-refractivity contribution in [1.29, 1.82) is 0 Å². The van der Waals surface area contributed by atoms with Gasteiger partial charge in [0.1, 0.15) is 10.7 Å². The van der Waals surface area contributed by atoms with Gasteiger partial charge >= 0.3 is 0 Å². The quantitative estimate of drug-likeness (QED) is 0.640. The average Bonchev–Trinajstić information content (AvgIpc) is 3.09. The zero-order valence-corrected chi connectivity index (χ0v) is 19.6. The summed E-state index contributed by atoms with van der Waals surface area (Å²) in [6.45, 7) is 12.7. The normalized spacial score (nSPS) is 22.5. The molecule has 0 saturated carbocycles. The van der Waals surface area contributed by atoms with Crippen LogP contribution in [0.5, 0.6) is 0 Å². The number of pyridine rings is 1. The summed E-state index contributed by atoms with van der Waals surface area (Å²) >= 11 is 1.56. The van der Waals surface area contributed by atoms with Crippen LogP contribution < -0.4 is 15.5 Å². The maximum atomic E-state index is 12.6. The molecule has 7 heteroatoms. The smallest absolute Gasteiger partial charge is 0.263 e. The van der Waals surface area contributed by atoms with Gasteiger partial charge in [0.2, 0.25) is 0 Å². The summed E-state index contributed by atoms with van der Waals surface area (Å²) in [5.74, 6) is 1.06. The molecule has 2 N–H and O–H groups in total. The van der Waals surface area contributed by atoms with Crippen LogP contribution >= 0.6 is 11.3 Å². The monoisotopic (exact) mass is 437 g/mol. The number of nitrogens with zero attached hydrogens (tertiary/aromatic N) is 3. The number of thiophene rings is 1. The molecule has 2 atom stereocenters. The molecular formula is C24H31N5OS. The number of anilines is 2. The molecule has 6 nitrogen and oxygen atoms in total. The van der Waals surface area contributed by atoms with Crippen molar-refractivity contribution < 1.29 is 4.79 Å². The summed E-state index contributed by atoms with van der Waals surface area (Å²) in [5.41, 5.74) is 1.95. The zero-order chi connectivity index (χ0) is 21.7. The fraction of sp³-hybridized carbons (Fsp3) is 0.500. The highest BCUT2D eigenvalue weighted by molar-refractivity contribution is 7.21. The fourth-order valence-corrected chi connectivity index (χ4v) is 6.11. The first kappa shape index (κ1) is 20.5. The van der Waals surface area contributed by atoms with E-state index in [1.807, 2.05) is 6.92 Å². The van der Waals surface area contributed by atoms with Crippen LogP contribution in [0.4, 0.5) is 11.5 Å². The average molecular weight is 438 g/mol. The van der Waals surface area contributed by atoms with Crippen molar-refractivity contribution in [1.82, 2.24) is 15.2 Å². The first-order valence-electron chi connectivity index (χ1n) is 11.4. The lowest BCUT2D eigenvalue weighted by Gasteiger charge is -2.43. The van der Waals surface area contributed by atoms with Crippen molar-refractivity contribution in [3.63, 3.8) is 0 Å². The molecule has 3 aromatic rings. The molecule has 0 aliphatic carbocycles. The van der Waals surface area contributed by atoms with Crippen molar-refractivity contribution in [3.8, 4) is 0 Å². The predicted octanol–water partition coefficient (Wildman–Crippen LogP) is 4.30. The Labute approximate surface area is 187 Å². The molecule has 2 aliphatic rings. The Morgan fingerprint density at radius 1 is 1.23 bits per heavy atom. The number of benzene rings is 1. The van der Waals surface area contributed by atoms with Gasteiger partial charge in [-0.15, -0.1) is 11.3 Å². The Morgan fingerprint density at radius 2 is 2.06 bits per heavy atom. The fourth-order valence-electron chi connectivity index (χ4n) is 5.01. The second kappa shape index (κ2) is 7.95. The summed E-state index contributed by atoms with van der Waals surface area (Å²) < 4.78 is 1.13. The van der Waals surface area contributed by atoms with Crippen molar-refractivity contribution in [2.75, 3.05) is 36.4 Å². The predicted molar refractivity (Wildman–Crippen MR) is 131 cm³/mol. The van der Waals surface area contributed by atoms with Crippen LogP contribution in [0.2, 0.25) is 0 Å². The minimum absolute atomic E-state index is 0.0139. The first-order chi connectivity index (χ1) is 15.0. The van der Waals surface area contributed by atoms with E-state index in [1.54, 1.807) is 11.3 Å². The molecule has 0 bridgehead atoms. The number of piperazine rings is 1. The van der Waals surface area contributed by atoms with Crippen LogP contribution in [-0.4, -0.2) is 60.1 Å². The molecule has 0 spiro atoms. The SMILES string of the molecule is CCC1CN(c2ccc3c(ccc4sc5c(c43)NC[C@@H](C)NC5=O)n2)CCN1C(C)C. The van der Waals surface area contributed by atoms with Gasteiger partial charge in [-0.05, 0) is 51.5 Å². The van der Waals surface area contributed by atoms with Gasteiger partial charge in [-0.1, -0.05) is 6.92 Å². The number of carbonyl (C=O) groups excluding carboxylic acids is 1.